The van der Waals surface area contributed by atoms with Gasteiger partial charge in [0.15, 0.2) is 0 Å². The van der Waals surface area contributed by atoms with Crippen LogP contribution in [0.3, 0.4) is 0 Å². The van der Waals surface area contributed by atoms with E-state index in [0.29, 0.717) is 5.56 Å². The van der Waals surface area contributed by atoms with E-state index in [2.05, 4.69) is 5.32 Å². The van der Waals surface area contributed by atoms with Crippen molar-refractivity contribution in [2.24, 2.45) is 0 Å². The molecule has 0 fully saturated rings. The molecule has 0 heterocycles. The summed E-state index contributed by atoms with van der Waals surface area (Å²) in [5, 5.41) is 2.88. The number of carbonyl (C=O) groups is 1. The van der Waals surface area contributed by atoms with Crippen LogP contribution in [0.4, 0.5) is 5.69 Å². The molecule has 23 heavy (non-hydrogen) atoms. The van der Waals surface area contributed by atoms with Crippen LogP contribution in [-0.4, -0.2) is 32.7 Å². The number of hydrogen-bond donors (Lipinski definition) is 1. The highest BCUT2D eigenvalue weighted by atomic mass is 32.2. The normalized spacial score (nSPS) is 11.5. The Labute approximate surface area is 137 Å². The molecule has 0 saturated carbocycles. The molecule has 0 atom stereocenters. The maximum Gasteiger partial charge on any atom is 0.255 e. The van der Waals surface area contributed by atoms with Crippen molar-refractivity contribution in [2.45, 2.75) is 18.7 Å². The summed E-state index contributed by atoms with van der Waals surface area (Å²) in [6, 6.07) is 11.7. The average Bonchev–Trinajstić information content (AvgIpc) is 2.51. The summed E-state index contributed by atoms with van der Waals surface area (Å²) in [7, 11) is -0.552. The molecule has 0 aliphatic carbocycles. The smallest absolute Gasteiger partial charge is 0.255 e. The summed E-state index contributed by atoms with van der Waals surface area (Å²) >= 11 is 0. The molecule has 2 aromatic carbocycles. The van der Waals surface area contributed by atoms with Crippen molar-refractivity contribution >= 4 is 21.6 Å². The van der Waals surface area contributed by atoms with Crippen molar-refractivity contribution in [3.05, 3.63) is 59.2 Å². The van der Waals surface area contributed by atoms with E-state index in [1.54, 1.807) is 0 Å². The second-order valence-corrected chi connectivity index (χ2v) is 7.68. The second-order valence-electron chi connectivity index (χ2n) is 5.53. The van der Waals surface area contributed by atoms with E-state index in [9.17, 15) is 13.2 Å². The van der Waals surface area contributed by atoms with Crippen LogP contribution in [0, 0.1) is 13.8 Å². The largest absolute Gasteiger partial charge is 0.322 e. The predicted molar refractivity (Wildman–Crippen MR) is 91.2 cm³/mol. The number of anilines is 1. The zero-order valence-electron chi connectivity index (χ0n) is 13.6. The third-order valence-electron chi connectivity index (χ3n) is 3.61. The van der Waals surface area contributed by atoms with Crippen LogP contribution in [0.2, 0.25) is 0 Å². The molecule has 0 radical (unpaired) electrons. The van der Waals surface area contributed by atoms with E-state index in [-0.39, 0.29) is 10.8 Å². The van der Waals surface area contributed by atoms with E-state index < -0.39 is 10.0 Å². The highest BCUT2D eigenvalue weighted by Gasteiger charge is 2.17. The third kappa shape index (κ3) is 3.60. The number of rotatable bonds is 4. The number of hydrogen-bond acceptors (Lipinski definition) is 3. The predicted octanol–water partition coefficient (Wildman–Crippen LogP) is 2.81. The maximum atomic E-state index is 12.3. The van der Waals surface area contributed by atoms with Crippen LogP contribution in [0.5, 0.6) is 0 Å². The molecule has 0 spiro atoms. The van der Waals surface area contributed by atoms with Crippen molar-refractivity contribution in [3.63, 3.8) is 0 Å². The summed E-state index contributed by atoms with van der Waals surface area (Å²) in [6.07, 6.45) is 0. The van der Waals surface area contributed by atoms with Gasteiger partial charge in [0.1, 0.15) is 0 Å². The van der Waals surface area contributed by atoms with Gasteiger partial charge in [-0.3, -0.25) is 4.79 Å². The van der Waals surface area contributed by atoms with E-state index in [4.69, 9.17) is 0 Å². The van der Waals surface area contributed by atoms with Crippen LogP contribution >= 0.6 is 0 Å². The molecular formula is C17H20N2O3S. The SMILES string of the molecule is Cc1cccc(C)c1NC(=O)c1ccc(S(=O)(=O)N(C)C)cc1. The number of sulfonamides is 1. The molecule has 122 valence electrons. The quantitative estimate of drug-likeness (QED) is 0.936. The first-order valence-corrected chi connectivity index (χ1v) is 8.57. The zero-order chi connectivity index (χ0) is 17.2. The Balaban J connectivity index is 2.25. The Morgan fingerprint density at radius 1 is 0.957 bits per heavy atom. The fourth-order valence-corrected chi connectivity index (χ4v) is 3.09. The van der Waals surface area contributed by atoms with Gasteiger partial charge in [-0.1, -0.05) is 18.2 Å². The monoisotopic (exact) mass is 332 g/mol. The molecule has 5 nitrogen and oxygen atoms in total. The van der Waals surface area contributed by atoms with Gasteiger partial charge in [-0.15, -0.1) is 0 Å². The lowest BCUT2D eigenvalue weighted by molar-refractivity contribution is 0.102. The van der Waals surface area contributed by atoms with Crippen molar-refractivity contribution < 1.29 is 13.2 Å². The van der Waals surface area contributed by atoms with Gasteiger partial charge in [0.25, 0.3) is 5.91 Å². The highest BCUT2D eigenvalue weighted by Crippen LogP contribution is 2.21. The molecule has 1 amide bonds. The van der Waals surface area contributed by atoms with E-state index in [1.165, 1.54) is 38.4 Å². The van der Waals surface area contributed by atoms with Crippen molar-refractivity contribution in [3.8, 4) is 0 Å². The number of carbonyl (C=O) groups excluding carboxylic acids is 1. The summed E-state index contributed by atoms with van der Waals surface area (Å²) in [5.41, 5.74) is 3.14. The first-order valence-electron chi connectivity index (χ1n) is 7.13. The van der Waals surface area contributed by atoms with Gasteiger partial charge in [-0.2, -0.15) is 0 Å². The maximum absolute atomic E-state index is 12.3. The molecule has 2 rings (SSSR count). The molecule has 2 aromatic rings. The first kappa shape index (κ1) is 17.2. The lowest BCUT2D eigenvalue weighted by Crippen LogP contribution is -2.22. The molecule has 0 aromatic heterocycles. The fourth-order valence-electron chi connectivity index (χ4n) is 2.19. The van der Waals surface area contributed by atoms with Crippen molar-refractivity contribution in [1.82, 2.24) is 4.31 Å². The Morgan fingerprint density at radius 2 is 1.48 bits per heavy atom. The van der Waals surface area contributed by atoms with Crippen molar-refractivity contribution in [2.75, 3.05) is 19.4 Å². The molecule has 0 saturated heterocycles. The lowest BCUT2D eigenvalue weighted by Gasteiger charge is -2.13. The third-order valence-corrected chi connectivity index (χ3v) is 5.44. The molecule has 0 aliphatic heterocycles. The van der Waals surface area contributed by atoms with Crippen LogP contribution in [0.25, 0.3) is 0 Å². The minimum Gasteiger partial charge on any atom is -0.322 e. The summed E-state index contributed by atoms with van der Waals surface area (Å²) < 4.78 is 25.2. The number of nitrogens with one attached hydrogen (secondary N) is 1. The molecule has 6 heteroatoms. The minimum absolute atomic E-state index is 0.158. The van der Waals surface area contributed by atoms with E-state index in [0.717, 1.165) is 21.1 Å². The van der Waals surface area contributed by atoms with Crippen LogP contribution < -0.4 is 5.32 Å². The van der Waals surface area contributed by atoms with Gasteiger partial charge in [0, 0.05) is 25.3 Å². The standard InChI is InChI=1S/C17H20N2O3S/c1-12-6-5-7-13(2)16(12)18-17(20)14-8-10-15(11-9-14)23(21,22)19(3)4/h5-11H,1-4H3,(H,18,20). The van der Waals surface area contributed by atoms with Gasteiger partial charge < -0.3 is 5.32 Å². The molecular weight excluding hydrogens is 312 g/mol. The average molecular weight is 332 g/mol. The number of nitrogens with zero attached hydrogens (tertiary/aromatic N) is 1. The summed E-state index contributed by atoms with van der Waals surface area (Å²) in [4.78, 5) is 12.5. The number of benzene rings is 2. The summed E-state index contributed by atoms with van der Waals surface area (Å²) in [5.74, 6) is -0.267. The van der Waals surface area contributed by atoms with Gasteiger partial charge in [0.05, 0.1) is 4.90 Å². The topological polar surface area (TPSA) is 66.5 Å². The minimum atomic E-state index is -3.49. The van der Waals surface area contributed by atoms with Crippen LogP contribution in [-0.2, 0) is 10.0 Å². The number of aryl methyl sites for hydroxylation is 2. The van der Waals surface area contributed by atoms with E-state index in [1.807, 2.05) is 32.0 Å². The lowest BCUT2D eigenvalue weighted by atomic mass is 10.1. The highest BCUT2D eigenvalue weighted by molar-refractivity contribution is 7.89. The van der Waals surface area contributed by atoms with Crippen molar-refractivity contribution in [1.29, 1.82) is 0 Å². The number of amides is 1. The fraction of sp³-hybridized carbons (Fsp3) is 0.235. The Kier molecular flexibility index (Phi) is 4.87. The Morgan fingerprint density at radius 3 is 1.96 bits per heavy atom. The summed E-state index contributed by atoms with van der Waals surface area (Å²) in [6.45, 7) is 3.85. The van der Waals surface area contributed by atoms with Gasteiger partial charge in [0.2, 0.25) is 10.0 Å². The zero-order valence-corrected chi connectivity index (χ0v) is 14.4. The van der Waals surface area contributed by atoms with Crippen LogP contribution in [0.1, 0.15) is 21.5 Å². The first-order chi connectivity index (χ1) is 10.7. The van der Waals surface area contributed by atoms with Crippen LogP contribution in [0.15, 0.2) is 47.4 Å². The molecule has 1 N–H and O–H groups in total. The second kappa shape index (κ2) is 6.52. The Bertz CT molecular complexity index is 805. The van der Waals surface area contributed by atoms with Gasteiger partial charge in [-0.05, 0) is 49.2 Å². The molecule has 0 unspecified atom stereocenters. The van der Waals surface area contributed by atoms with Gasteiger partial charge >= 0.3 is 0 Å². The molecule has 0 bridgehead atoms. The number of para-hydroxylation sites is 1. The molecule has 0 aliphatic rings. The van der Waals surface area contributed by atoms with Gasteiger partial charge in [-0.25, -0.2) is 12.7 Å². The Hall–Kier alpha value is -2.18. The van der Waals surface area contributed by atoms with E-state index >= 15 is 0 Å².